The molecule has 1 aromatic heterocycles. The molecule has 0 saturated carbocycles. The SMILES string of the molecule is CCOCCN1CCC2(CCC(=O)N(CCc3ccccn3)C2)CC1. The van der Waals surface area contributed by atoms with Gasteiger partial charge in [-0.05, 0) is 56.8 Å². The van der Waals surface area contributed by atoms with Gasteiger partial charge in [0.05, 0.1) is 6.61 Å². The standard InChI is InChI=1S/C20H31N3O2/c1-2-25-16-15-22-13-9-20(10-14-22)8-6-19(24)23(17-20)12-7-18-5-3-4-11-21-18/h3-5,11H,2,6-10,12-17H2,1H3. The van der Waals surface area contributed by atoms with Crippen molar-refractivity contribution >= 4 is 5.91 Å². The zero-order valence-electron chi connectivity index (χ0n) is 15.5. The van der Waals surface area contributed by atoms with Crippen LogP contribution in [0.3, 0.4) is 0 Å². The average molecular weight is 345 g/mol. The van der Waals surface area contributed by atoms with Crippen LogP contribution in [0.1, 0.15) is 38.3 Å². The van der Waals surface area contributed by atoms with Crippen molar-refractivity contribution in [3.8, 4) is 0 Å². The van der Waals surface area contributed by atoms with Crippen molar-refractivity contribution in [2.75, 3.05) is 45.9 Å². The molecule has 0 aliphatic carbocycles. The Morgan fingerprint density at radius 2 is 2.04 bits per heavy atom. The Bertz CT molecular complexity index is 541. The van der Waals surface area contributed by atoms with Crippen molar-refractivity contribution in [1.29, 1.82) is 0 Å². The first kappa shape index (κ1) is 18.3. The second-order valence-corrected chi connectivity index (χ2v) is 7.42. The van der Waals surface area contributed by atoms with Gasteiger partial charge in [-0.1, -0.05) is 6.07 Å². The van der Waals surface area contributed by atoms with Crippen LogP contribution in [0.25, 0.3) is 0 Å². The number of ether oxygens (including phenoxy) is 1. The molecule has 2 fully saturated rings. The van der Waals surface area contributed by atoms with Gasteiger partial charge in [-0.3, -0.25) is 9.78 Å². The Morgan fingerprint density at radius 3 is 2.76 bits per heavy atom. The summed E-state index contributed by atoms with van der Waals surface area (Å²) < 4.78 is 5.48. The van der Waals surface area contributed by atoms with Crippen molar-refractivity contribution < 1.29 is 9.53 Å². The molecular weight excluding hydrogens is 314 g/mol. The lowest BCUT2D eigenvalue weighted by Gasteiger charge is -2.47. The molecule has 1 aromatic rings. The monoisotopic (exact) mass is 345 g/mol. The van der Waals surface area contributed by atoms with Crippen LogP contribution in [0, 0.1) is 5.41 Å². The van der Waals surface area contributed by atoms with Crippen LogP contribution in [0.5, 0.6) is 0 Å². The van der Waals surface area contributed by atoms with Gasteiger partial charge in [0, 0.05) is 51.0 Å². The molecule has 5 heteroatoms. The Balaban J connectivity index is 1.49. The molecule has 138 valence electrons. The normalized spacial score (nSPS) is 21.0. The number of carbonyl (C=O) groups excluding carboxylic acids is 1. The number of piperidine rings is 2. The molecule has 0 unspecified atom stereocenters. The fourth-order valence-corrected chi connectivity index (χ4v) is 4.10. The lowest BCUT2D eigenvalue weighted by Crippen LogP contribution is -2.52. The van der Waals surface area contributed by atoms with Crippen LogP contribution in [-0.4, -0.2) is 66.6 Å². The summed E-state index contributed by atoms with van der Waals surface area (Å²) in [6.45, 7) is 8.70. The van der Waals surface area contributed by atoms with Crippen molar-refractivity contribution in [3.63, 3.8) is 0 Å². The molecule has 3 heterocycles. The summed E-state index contributed by atoms with van der Waals surface area (Å²) in [6, 6.07) is 5.99. The minimum atomic E-state index is 0.320. The highest BCUT2D eigenvalue weighted by molar-refractivity contribution is 5.77. The minimum absolute atomic E-state index is 0.320. The van der Waals surface area contributed by atoms with Gasteiger partial charge >= 0.3 is 0 Å². The number of pyridine rings is 1. The van der Waals surface area contributed by atoms with Gasteiger partial charge in [0.15, 0.2) is 0 Å². The lowest BCUT2D eigenvalue weighted by molar-refractivity contribution is -0.139. The summed E-state index contributed by atoms with van der Waals surface area (Å²) in [5.41, 5.74) is 1.40. The molecule has 0 atom stereocenters. The van der Waals surface area contributed by atoms with E-state index >= 15 is 0 Å². The smallest absolute Gasteiger partial charge is 0.222 e. The predicted octanol–water partition coefficient (Wildman–Crippen LogP) is 2.37. The van der Waals surface area contributed by atoms with Gasteiger partial charge in [-0.2, -0.15) is 0 Å². The van der Waals surface area contributed by atoms with E-state index in [4.69, 9.17) is 4.74 Å². The highest BCUT2D eigenvalue weighted by atomic mass is 16.5. The molecule has 2 saturated heterocycles. The topological polar surface area (TPSA) is 45.7 Å². The van der Waals surface area contributed by atoms with E-state index in [0.29, 0.717) is 17.7 Å². The van der Waals surface area contributed by atoms with Crippen molar-refractivity contribution in [3.05, 3.63) is 30.1 Å². The summed E-state index contributed by atoms with van der Waals surface area (Å²) in [5.74, 6) is 0.320. The van der Waals surface area contributed by atoms with Crippen LogP contribution in [0.4, 0.5) is 0 Å². The molecule has 25 heavy (non-hydrogen) atoms. The maximum absolute atomic E-state index is 12.4. The van der Waals surface area contributed by atoms with Crippen LogP contribution >= 0.6 is 0 Å². The van der Waals surface area contributed by atoms with E-state index < -0.39 is 0 Å². The number of amides is 1. The number of carbonyl (C=O) groups is 1. The molecule has 1 amide bonds. The van der Waals surface area contributed by atoms with Crippen LogP contribution in [-0.2, 0) is 16.0 Å². The number of nitrogens with zero attached hydrogens (tertiary/aromatic N) is 3. The van der Waals surface area contributed by atoms with E-state index in [-0.39, 0.29) is 0 Å². The molecule has 2 aliphatic rings. The van der Waals surface area contributed by atoms with Gasteiger partial charge in [0.2, 0.25) is 5.91 Å². The third-order valence-electron chi connectivity index (χ3n) is 5.78. The highest BCUT2D eigenvalue weighted by Gasteiger charge is 2.40. The average Bonchev–Trinajstić information content (AvgIpc) is 2.65. The largest absolute Gasteiger partial charge is 0.380 e. The van der Waals surface area contributed by atoms with Crippen LogP contribution < -0.4 is 0 Å². The van der Waals surface area contributed by atoms with E-state index in [0.717, 1.165) is 64.5 Å². The molecule has 0 radical (unpaired) electrons. The van der Waals surface area contributed by atoms with Crippen LogP contribution in [0.2, 0.25) is 0 Å². The molecule has 3 rings (SSSR count). The number of likely N-dealkylation sites (tertiary alicyclic amines) is 2. The lowest BCUT2D eigenvalue weighted by atomic mass is 9.72. The highest BCUT2D eigenvalue weighted by Crippen LogP contribution is 2.40. The van der Waals surface area contributed by atoms with Crippen molar-refractivity contribution in [2.24, 2.45) is 5.41 Å². The first-order valence-electron chi connectivity index (χ1n) is 9.69. The first-order valence-corrected chi connectivity index (χ1v) is 9.69. The van der Waals surface area contributed by atoms with Crippen molar-refractivity contribution in [2.45, 2.75) is 39.0 Å². The molecule has 0 N–H and O–H groups in total. The van der Waals surface area contributed by atoms with Gasteiger partial charge in [-0.25, -0.2) is 0 Å². The zero-order chi connectivity index (χ0) is 17.5. The Kier molecular flexibility index (Phi) is 6.43. The van der Waals surface area contributed by atoms with E-state index in [2.05, 4.69) is 14.8 Å². The molecule has 0 aromatic carbocycles. The van der Waals surface area contributed by atoms with Gasteiger partial charge in [0.25, 0.3) is 0 Å². The summed E-state index contributed by atoms with van der Waals surface area (Å²) >= 11 is 0. The summed E-state index contributed by atoms with van der Waals surface area (Å²) in [6.07, 6.45) is 6.85. The summed E-state index contributed by atoms with van der Waals surface area (Å²) in [7, 11) is 0. The minimum Gasteiger partial charge on any atom is -0.380 e. The second kappa shape index (κ2) is 8.77. The maximum Gasteiger partial charge on any atom is 0.222 e. The molecule has 0 bridgehead atoms. The van der Waals surface area contributed by atoms with Crippen LogP contribution in [0.15, 0.2) is 24.4 Å². The second-order valence-electron chi connectivity index (χ2n) is 7.42. The Morgan fingerprint density at radius 1 is 1.20 bits per heavy atom. The Hall–Kier alpha value is -1.46. The number of aromatic nitrogens is 1. The quantitative estimate of drug-likeness (QED) is 0.712. The summed E-state index contributed by atoms with van der Waals surface area (Å²) in [5, 5.41) is 0. The third-order valence-corrected chi connectivity index (χ3v) is 5.78. The molecular formula is C20H31N3O2. The third kappa shape index (κ3) is 5.02. The van der Waals surface area contributed by atoms with Crippen molar-refractivity contribution in [1.82, 2.24) is 14.8 Å². The number of rotatable bonds is 7. The molecule has 1 spiro atoms. The molecule has 5 nitrogen and oxygen atoms in total. The van der Waals surface area contributed by atoms with E-state index in [1.165, 1.54) is 12.8 Å². The van der Waals surface area contributed by atoms with Gasteiger partial charge in [-0.15, -0.1) is 0 Å². The van der Waals surface area contributed by atoms with E-state index in [1.807, 2.05) is 31.3 Å². The van der Waals surface area contributed by atoms with E-state index in [1.54, 1.807) is 0 Å². The van der Waals surface area contributed by atoms with Gasteiger partial charge < -0.3 is 14.5 Å². The predicted molar refractivity (Wildman–Crippen MR) is 98.4 cm³/mol. The first-order chi connectivity index (χ1) is 12.2. The molecule has 2 aliphatic heterocycles. The maximum atomic E-state index is 12.4. The number of hydrogen-bond acceptors (Lipinski definition) is 4. The Labute approximate surface area is 151 Å². The van der Waals surface area contributed by atoms with Gasteiger partial charge in [0.1, 0.15) is 0 Å². The van der Waals surface area contributed by atoms with E-state index in [9.17, 15) is 4.79 Å². The fourth-order valence-electron chi connectivity index (χ4n) is 4.10. The summed E-state index contributed by atoms with van der Waals surface area (Å²) in [4.78, 5) is 21.3. The fraction of sp³-hybridized carbons (Fsp3) is 0.700. The zero-order valence-corrected chi connectivity index (χ0v) is 15.5. The number of hydrogen-bond donors (Lipinski definition) is 0.